The number of aromatic nitrogens is 2. The molecule has 3 aromatic heterocycles. The van der Waals surface area contributed by atoms with Gasteiger partial charge in [0, 0.05) is 10.9 Å². The Balaban J connectivity index is 1.58. The number of esters is 1. The fourth-order valence-electron chi connectivity index (χ4n) is 2.89. The molecular formula is C21H17N3O6S. The van der Waals surface area contributed by atoms with Crippen LogP contribution in [0.5, 0.6) is 0 Å². The molecule has 0 aliphatic heterocycles. The summed E-state index contributed by atoms with van der Waals surface area (Å²) in [7, 11) is 0. The van der Waals surface area contributed by atoms with Crippen molar-refractivity contribution in [2.24, 2.45) is 0 Å². The molecule has 0 atom stereocenters. The predicted molar refractivity (Wildman–Crippen MR) is 113 cm³/mol. The third-order valence-corrected chi connectivity index (χ3v) is 5.14. The number of carbonyl (C=O) groups excluding carboxylic acids is 2. The van der Waals surface area contributed by atoms with Gasteiger partial charge in [0.1, 0.15) is 17.1 Å². The predicted octanol–water partition coefficient (Wildman–Crippen LogP) is 3.64. The molecule has 4 rings (SSSR count). The van der Waals surface area contributed by atoms with Crippen LogP contribution in [0, 0.1) is 0 Å². The van der Waals surface area contributed by atoms with Crippen molar-refractivity contribution in [3.05, 3.63) is 70.2 Å². The van der Waals surface area contributed by atoms with Gasteiger partial charge >= 0.3 is 11.7 Å². The summed E-state index contributed by atoms with van der Waals surface area (Å²) < 4.78 is 16.2. The van der Waals surface area contributed by atoms with Crippen LogP contribution in [-0.4, -0.2) is 28.3 Å². The molecule has 0 bridgehead atoms. The Kier molecular flexibility index (Phi) is 5.80. The van der Waals surface area contributed by atoms with Crippen LogP contribution in [0.4, 0.5) is 5.00 Å². The van der Waals surface area contributed by atoms with Crippen LogP contribution in [0.15, 0.2) is 67.7 Å². The fourth-order valence-corrected chi connectivity index (χ4v) is 3.87. The molecule has 0 spiro atoms. The lowest BCUT2D eigenvalue weighted by molar-refractivity contribution is -0.117. The zero-order valence-corrected chi connectivity index (χ0v) is 17.2. The van der Waals surface area contributed by atoms with E-state index in [1.54, 1.807) is 24.4 Å². The molecule has 3 heterocycles. The molecule has 1 N–H and O–H groups in total. The Hall–Kier alpha value is -3.92. The molecule has 158 valence electrons. The molecule has 0 unspecified atom stereocenters. The number of carbonyl (C=O) groups is 2. The van der Waals surface area contributed by atoms with Gasteiger partial charge in [-0.3, -0.25) is 4.79 Å². The minimum absolute atomic E-state index is 0.0301. The first kappa shape index (κ1) is 20.4. The Labute approximate surface area is 179 Å². The lowest BCUT2D eigenvalue weighted by Gasteiger charge is -2.08. The van der Waals surface area contributed by atoms with Crippen LogP contribution in [0.3, 0.4) is 0 Å². The monoisotopic (exact) mass is 439 g/mol. The SMILES string of the molecule is CCOC(=O)c1c(-c2ccccc2)csc1NC(=O)Cn1nc(-c2ccco2)oc1=O. The van der Waals surface area contributed by atoms with Crippen LogP contribution in [0.25, 0.3) is 22.8 Å². The van der Waals surface area contributed by atoms with Gasteiger partial charge in [0.05, 0.1) is 12.9 Å². The molecular weight excluding hydrogens is 422 g/mol. The molecule has 9 nitrogen and oxygen atoms in total. The molecule has 0 saturated carbocycles. The first-order chi connectivity index (χ1) is 15.1. The summed E-state index contributed by atoms with van der Waals surface area (Å²) in [6.45, 7) is 1.50. The highest BCUT2D eigenvalue weighted by Crippen LogP contribution is 2.36. The quantitative estimate of drug-likeness (QED) is 0.437. The average molecular weight is 439 g/mol. The maximum atomic E-state index is 12.6. The summed E-state index contributed by atoms with van der Waals surface area (Å²) in [6.07, 6.45) is 1.42. The first-order valence-electron chi connectivity index (χ1n) is 9.32. The molecule has 1 aromatic carbocycles. The van der Waals surface area contributed by atoms with Crippen molar-refractivity contribution in [2.45, 2.75) is 13.5 Å². The molecule has 4 aromatic rings. The van der Waals surface area contributed by atoms with Gasteiger partial charge in [0.15, 0.2) is 5.76 Å². The first-order valence-corrected chi connectivity index (χ1v) is 10.2. The number of hydrogen-bond acceptors (Lipinski definition) is 8. The van der Waals surface area contributed by atoms with Crippen LogP contribution >= 0.6 is 11.3 Å². The van der Waals surface area contributed by atoms with Gasteiger partial charge in [0.2, 0.25) is 5.91 Å². The summed E-state index contributed by atoms with van der Waals surface area (Å²) in [5.74, 6) is -1.66. The van der Waals surface area contributed by atoms with Crippen molar-refractivity contribution in [3.63, 3.8) is 0 Å². The molecule has 0 radical (unpaired) electrons. The Morgan fingerprint density at radius 1 is 1.19 bits per heavy atom. The van der Waals surface area contributed by atoms with Gasteiger partial charge in [-0.15, -0.1) is 16.4 Å². The molecule has 0 saturated heterocycles. The average Bonchev–Trinajstić information content (AvgIpc) is 3.50. The highest BCUT2D eigenvalue weighted by molar-refractivity contribution is 7.15. The maximum Gasteiger partial charge on any atom is 0.437 e. The molecule has 31 heavy (non-hydrogen) atoms. The van der Waals surface area contributed by atoms with E-state index in [1.807, 2.05) is 30.3 Å². The zero-order valence-electron chi connectivity index (χ0n) is 16.4. The van der Waals surface area contributed by atoms with Crippen LogP contribution in [-0.2, 0) is 16.1 Å². The summed E-state index contributed by atoms with van der Waals surface area (Å²) in [5, 5.41) is 8.74. The van der Waals surface area contributed by atoms with Crippen LogP contribution in [0.1, 0.15) is 17.3 Å². The minimum Gasteiger partial charge on any atom is -0.462 e. The topological polar surface area (TPSA) is 117 Å². The summed E-state index contributed by atoms with van der Waals surface area (Å²) in [4.78, 5) is 37.2. The second-order valence-electron chi connectivity index (χ2n) is 6.30. The minimum atomic E-state index is -0.802. The van der Waals surface area contributed by atoms with Crippen molar-refractivity contribution in [2.75, 3.05) is 11.9 Å². The second-order valence-corrected chi connectivity index (χ2v) is 7.18. The Morgan fingerprint density at radius 3 is 2.71 bits per heavy atom. The van der Waals surface area contributed by atoms with Crippen molar-refractivity contribution < 1.29 is 23.2 Å². The number of nitrogens with zero attached hydrogens (tertiary/aromatic N) is 2. The van der Waals surface area contributed by atoms with Crippen LogP contribution < -0.4 is 11.1 Å². The number of thiophene rings is 1. The van der Waals surface area contributed by atoms with E-state index in [9.17, 15) is 14.4 Å². The molecule has 1 amide bonds. The van der Waals surface area contributed by atoms with Crippen molar-refractivity contribution in [1.29, 1.82) is 0 Å². The number of ether oxygens (including phenoxy) is 1. The van der Waals surface area contributed by atoms with E-state index in [0.29, 0.717) is 10.6 Å². The number of nitrogens with one attached hydrogen (secondary N) is 1. The van der Waals surface area contributed by atoms with E-state index in [1.165, 1.54) is 17.6 Å². The van der Waals surface area contributed by atoms with E-state index in [-0.39, 0.29) is 23.8 Å². The highest BCUT2D eigenvalue weighted by atomic mass is 32.1. The lowest BCUT2D eigenvalue weighted by atomic mass is 10.0. The van der Waals surface area contributed by atoms with E-state index in [0.717, 1.165) is 10.2 Å². The standard InChI is InChI=1S/C21H17N3O6S/c1-2-28-20(26)17-14(13-7-4-3-5-8-13)12-31-19(17)22-16(25)11-24-21(27)30-18(23-24)15-9-6-10-29-15/h3-10,12H,2,11H2,1H3,(H,22,25). The van der Waals surface area contributed by atoms with E-state index in [2.05, 4.69) is 10.4 Å². The Bertz CT molecular complexity index is 1250. The smallest absolute Gasteiger partial charge is 0.437 e. The van der Waals surface area contributed by atoms with E-state index < -0.39 is 24.2 Å². The lowest BCUT2D eigenvalue weighted by Crippen LogP contribution is -2.26. The summed E-state index contributed by atoms with van der Waals surface area (Å²) >= 11 is 1.19. The number of anilines is 1. The normalized spacial score (nSPS) is 10.7. The molecule has 10 heteroatoms. The molecule has 0 aliphatic rings. The third-order valence-electron chi connectivity index (χ3n) is 4.24. The molecule has 0 fully saturated rings. The van der Waals surface area contributed by atoms with Crippen LogP contribution in [0.2, 0.25) is 0 Å². The van der Waals surface area contributed by atoms with Crippen molar-refractivity contribution >= 4 is 28.2 Å². The van der Waals surface area contributed by atoms with Crippen molar-refractivity contribution in [3.8, 4) is 22.8 Å². The number of hydrogen-bond donors (Lipinski definition) is 1. The number of amides is 1. The maximum absolute atomic E-state index is 12.6. The van der Waals surface area contributed by atoms with Gasteiger partial charge in [-0.1, -0.05) is 30.3 Å². The van der Waals surface area contributed by atoms with Gasteiger partial charge in [-0.2, -0.15) is 4.68 Å². The Morgan fingerprint density at radius 2 is 2.00 bits per heavy atom. The van der Waals surface area contributed by atoms with E-state index >= 15 is 0 Å². The van der Waals surface area contributed by atoms with Gasteiger partial charge < -0.3 is 18.9 Å². The van der Waals surface area contributed by atoms with Gasteiger partial charge in [-0.25, -0.2) is 9.59 Å². The summed E-state index contributed by atoms with van der Waals surface area (Å²) in [6, 6.07) is 12.5. The van der Waals surface area contributed by atoms with Gasteiger partial charge in [-0.05, 0) is 24.6 Å². The highest BCUT2D eigenvalue weighted by Gasteiger charge is 2.23. The largest absolute Gasteiger partial charge is 0.462 e. The summed E-state index contributed by atoms with van der Waals surface area (Å²) in [5.41, 5.74) is 1.73. The number of furan rings is 1. The number of benzene rings is 1. The molecule has 0 aliphatic carbocycles. The fraction of sp³-hybridized carbons (Fsp3) is 0.143. The second kappa shape index (κ2) is 8.84. The third kappa shape index (κ3) is 4.33. The number of rotatable bonds is 7. The zero-order chi connectivity index (χ0) is 21.8. The van der Waals surface area contributed by atoms with Gasteiger partial charge in [0.25, 0.3) is 5.89 Å². The van der Waals surface area contributed by atoms with E-state index in [4.69, 9.17) is 13.6 Å². The van der Waals surface area contributed by atoms with Crippen molar-refractivity contribution in [1.82, 2.24) is 9.78 Å².